The average molecular weight is 227 g/mol. The van der Waals surface area contributed by atoms with Gasteiger partial charge >= 0.3 is 0 Å². The molecule has 0 radical (unpaired) electrons. The molecule has 0 aromatic carbocycles. The molecular formula is C13H25NO2. The molecule has 0 aliphatic heterocycles. The van der Waals surface area contributed by atoms with E-state index in [4.69, 9.17) is 10.5 Å². The van der Waals surface area contributed by atoms with Gasteiger partial charge in [0.05, 0.1) is 12.7 Å². The van der Waals surface area contributed by atoms with Crippen LogP contribution in [0, 0.1) is 11.8 Å². The molecule has 0 aromatic rings. The van der Waals surface area contributed by atoms with Crippen molar-refractivity contribution in [3.63, 3.8) is 0 Å². The molecule has 3 N–H and O–H groups in total. The van der Waals surface area contributed by atoms with Gasteiger partial charge in [0.1, 0.15) is 5.60 Å². The lowest BCUT2D eigenvalue weighted by Crippen LogP contribution is -2.45. The van der Waals surface area contributed by atoms with Crippen LogP contribution in [0.1, 0.15) is 45.4 Å². The number of aliphatic hydroxyl groups is 1. The predicted octanol–water partition coefficient (Wildman–Crippen LogP) is 1.68. The second-order valence-electron chi connectivity index (χ2n) is 5.79. The highest BCUT2D eigenvalue weighted by atomic mass is 16.5. The first-order valence-corrected chi connectivity index (χ1v) is 6.68. The Hall–Kier alpha value is -0.120. The Morgan fingerprint density at radius 2 is 2.06 bits per heavy atom. The van der Waals surface area contributed by atoms with Crippen LogP contribution in [0.3, 0.4) is 0 Å². The van der Waals surface area contributed by atoms with Gasteiger partial charge in [-0.3, -0.25) is 0 Å². The van der Waals surface area contributed by atoms with Crippen LogP contribution in [-0.4, -0.2) is 30.0 Å². The highest BCUT2D eigenvalue weighted by molar-refractivity contribution is 4.95. The Bertz CT molecular complexity index is 230. The fraction of sp³-hybridized carbons (Fsp3) is 1.00. The first-order valence-electron chi connectivity index (χ1n) is 6.68. The minimum atomic E-state index is -0.749. The summed E-state index contributed by atoms with van der Waals surface area (Å²) < 4.78 is 5.88. The molecule has 0 heterocycles. The minimum absolute atomic E-state index is 0.333. The van der Waals surface area contributed by atoms with Crippen LogP contribution in [0.4, 0.5) is 0 Å². The molecule has 3 heteroatoms. The maximum Gasteiger partial charge on any atom is 0.103 e. The van der Waals surface area contributed by atoms with E-state index in [0.717, 1.165) is 31.6 Å². The molecule has 2 aliphatic carbocycles. The summed E-state index contributed by atoms with van der Waals surface area (Å²) in [6.45, 7) is 3.05. The molecule has 16 heavy (non-hydrogen) atoms. The fourth-order valence-corrected chi connectivity index (χ4v) is 2.76. The maximum absolute atomic E-state index is 10.3. The standard InChI is InChI=1S/C13H25NO2/c1-10-3-2-4-12(7-10)16-9-13(15,8-14)11-5-6-11/h10-12,15H,2-9,14H2,1H3. The van der Waals surface area contributed by atoms with Gasteiger partial charge in [-0.2, -0.15) is 0 Å². The number of nitrogens with two attached hydrogens (primary N) is 1. The van der Waals surface area contributed by atoms with Crippen LogP contribution >= 0.6 is 0 Å². The third-order valence-electron chi connectivity index (χ3n) is 4.15. The van der Waals surface area contributed by atoms with Gasteiger partial charge in [0, 0.05) is 6.54 Å². The van der Waals surface area contributed by atoms with Crippen molar-refractivity contribution in [2.75, 3.05) is 13.2 Å². The topological polar surface area (TPSA) is 55.5 Å². The summed E-state index contributed by atoms with van der Waals surface area (Å²) in [6.07, 6.45) is 7.44. The third-order valence-corrected chi connectivity index (χ3v) is 4.15. The van der Waals surface area contributed by atoms with E-state index in [1.165, 1.54) is 12.8 Å². The summed E-state index contributed by atoms with van der Waals surface area (Å²) in [5.74, 6) is 1.16. The van der Waals surface area contributed by atoms with Crippen LogP contribution in [0.15, 0.2) is 0 Å². The fourth-order valence-electron chi connectivity index (χ4n) is 2.76. The maximum atomic E-state index is 10.3. The number of hydrogen-bond donors (Lipinski definition) is 2. The van der Waals surface area contributed by atoms with Gasteiger partial charge < -0.3 is 15.6 Å². The van der Waals surface area contributed by atoms with Crippen molar-refractivity contribution in [1.29, 1.82) is 0 Å². The zero-order chi connectivity index (χ0) is 11.6. The summed E-state index contributed by atoms with van der Waals surface area (Å²) in [7, 11) is 0. The molecule has 2 aliphatic rings. The molecule has 0 amide bonds. The molecule has 0 saturated heterocycles. The molecule has 94 valence electrons. The van der Waals surface area contributed by atoms with Crippen LogP contribution in [0.5, 0.6) is 0 Å². The Labute approximate surface area is 98.4 Å². The van der Waals surface area contributed by atoms with E-state index in [-0.39, 0.29) is 0 Å². The molecule has 2 saturated carbocycles. The second-order valence-corrected chi connectivity index (χ2v) is 5.79. The van der Waals surface area contributed by atoms with Crippen LogP contribution in [0.2, 0.25) is 0 Å². The predicted molar refractivity (Wildman–Crippen MR) is 64.1 cm³/mol. The zero-order valence-electron chi connectivity index (χ0n) is 10.3. The number of ether oxygens (including phenoxy) is 1. The van der Waals surface area contributed by atoms with Crippen molar-refractivity contribution < 1.29 is 9.84 Å². The van der Waals surface area contributed by atoms with Crippen LogP contribution in [-0.2, 0) is 4.74 Å². The van der Waals surface area contributed by atoms with E-state index in [1.54, 1.807) is 0 Å². The molecule has 0 aromatic heterocycles. The van der Waals surface area contributed by atoms with Crippen molar-refractivity contribution in [2.45, 2.75) is 57.2 Å². The van der Waals surface area contributed by atoms with Crippen molar-refractivity contribution in [3.05, 3.63) is 0 Å². The lowest BCUT2D eigenvalue weighted by atomic mass is 9.88. The van der Waals surface area contributed by atoms with E-state index in [1.807, 2.05) is 0 Å². The van der Waals surface area contributed by atoms with E-state index in [9.17, 15) is 5.11 Å². The van der Waals surface area contributed by atoms with Gasteiger partial charge in [-0.15, -0.1) is 0 Å². The summed E-state index contributed by atoms with van der Waals surface area (Å²) in [5.41, 5.74) is 4.91. The normalized spacial score (nSPS) is 34.7. The van der Waals surface area contributed by atoms with E-state index in [2.05, 4.69) is 6.92 Å². The third kappa shape index (κ3) is 2.96. The molecule has 3 unspecified atom stereocenters. The lowest BCUT2D eigenvalue weighted by Gasteiger charge is -2.32. The van der Waals surface area contributed by atoms with E-state index in [0.29, 0.717) is 25.2 Å². The first-order chi connectivity index (χ1) is 7.64. The monoisotopic (exact) mass is 227 g/mol. The lowest BCUT2D eigenvalue weighted by molar-refractivity contribution is -0.0908. The second kappa shape index (κ2) is 5.03. The number of rotatable bonds is 5. The van der Waals surface area contributed by atoms with Crippen LogP contribution < -0.4 is 5.73 Å². The largest absolute Gasteiger partial charge is 0.386 e. The molecule has 2 rings (SSSR count). The summed E-state index contributed by atoms with van der Waals surface area (Å²) in [6, 6.07) is 0. The summed E-state index contributed by atoms with van der Waals surface area (Å²) >= 11 is 0. The molecule has 3 atom stereocenters. The van der Waals surface area contributed by atoms with E-state index < -0.39 is 5.60 Å². The van der Waals surface area contributed by atoms with Gasteiger partial charge in [-0.05, 0) is 37.5 Å². The molecule has 0 spiro atoms. The molecule has 3 nitrogen and oxygen atoms in total. The van der Waals surface area contributed by atoms with Gasteiger partial charge in [0.25, 0.3) is 0 Å². The Balaban J connectivity index is 1.76. The Kier molecular flexibility index (Phi) is 3.88. The highest BCUT2D eigenvalue weighted by Gasteiger charge is 2.43. The summed E-state index contributed by atoms with van der Waals surface area (Å²) in [5, 5.41) is 10.3. The Morgan fingerprint density at radius 1 is 1.31 bits per heavy atom. The van der Waals surface area contributed by atoms with Crippen molar-refractivity contribution in [3.8, 4) is 0 Å². The summed E-state index contributed by atoms with van der Waals surface area (Å²) in [4.78, 5) is 0. The van der Waals surface area contributed by atoms with Gasteiger partial charge in [0.2, 0.25) is 0 Å². The van der Waals surface area contributed by atoms with Gasteiger partial charge in [-0.1, -0.05) is 19.8 Å². The van der Waals surface area contributed by atoms with Crippen LogP contribution in [0.25, 0.3) is 0 Å². The molecule has 0 bridgehead atoms. The molecule has 2 fully saturated rings. The first kappa shape index (κ1) is 12.3. The Morgan fingerprint density at radius 3 is 2.62 bits per heavy atom. The average Bonchev–Trinajstić information content (AvgIpc) is 3.10. The van der Waals surface area contributed by atoms with Crippen molar-refractivity contribution >= 4 is 0 Å². The minimum Gasteiger partial charge on any atom is -0.386 e. The zero-order valence-corrected chi connectivity index (χ0v) is 10.3. The van der Waals surface area contributed by atoms with Crippen molar-refractivity contribution in [1.82, 2.24) is 0 Å². The smallest absolute Gasteiger partial charge is 0.103 e. The van der Waals surface area contributed by atoms with Gasteiger partial charge in [-0.25, -0.2) is 0 Å². The SMILES string of the molecule is CC1CCCC(OCC(O)(CN)C2CC2)C1. The van der Waals surface area contributed by atoms with Crippen molar-refractivity contribution in [2.24, 2.45) is 17.6 Å². The number of hydrogen-bond acceptors (Lipinski definition) is 3. The quantitative estimate of drug-likeness (QED) is 0.751. The van der Waals surface area contributed by atoms with Gasteiger partial charge in [0.15, 0.2) is 0 Å². The van der Waals surface area contributed by atoms with E-state index >= 15 is 0 Å². The highest BCUT2D eigenvalue weighted by Crippen LogP contribution is 2.40. The molecular weight excluding hydrogens is 202 g/mol.